The van der Waals surface area contributed by atoms with Crippen LogP contribution in [0.5, 0.6) is 0 Å². The van der Waals surface area contributed by atoms with Gasteiger partial charge in [0, 0.05) is 24.0 Å². The third-order valence-corrected chi connectivity index (χ3v) is 4.45. The van der Waals surface area contributed by atoms with Gasteiger partial charge in [0.05, 0.1) is 5.92 Å². The van der Waals surface area contributed by atoms with E-state index in [9.17, 15) is 19.1 Å². The largest absolute Gasteiger partial charge is 0.550 e. The topological polar surface area (TPSA) is 69.2 Å². The molecule has 0 saturated heterocycles. The molecule has 110 valence electrons. The average molecular weight is 288 g/mol. The molecule has 5 heteroatoms. The third-order valence-electron chi connectivity index (χ3n) is 4.45. The quantitative estimate of drug-likeness (QED) is 0.826. The number of carbonyl (C=O) groups excluding carboxylic acids is 2. The molecule has 2 bridgehead atoms. The van der Waals surface area contributed by atoms with Gasteiger partial charge in [0.25, 0.3) is 0 Å². The van der Waals surface area contributed by atoms with Crippen LogP contribution in [-0.2, 0) is 16.1 Å². The number of halogens is 1. The standard InChI is InChI=1S/C16H16FNO3/c17-12-4-2-1-3-11(12)8-18-15(19)13-9-5-6-10(7-9)14(13)16(20)21/h1-6,9-10,13-14H,7-8H2,(H,18,19)(H,20,21)/p-1/t9-,10-,13+,14-/m0/s1. The highest BCUT2D eigenvalue weighted by molar-refractivity contribution is 5.86. The maximum absolute atomic E-state index is 13.5. The zero-order valence-corrected chi connectivity index (χ0v) is 11.3. The van der Waals surface area contributed by atoms with Crippen LogP contribution in [0.4, 0.5) is 4.39 Å². The minimum absolute atomic E-state index is 0.0569. The first-order chi connectivity index (χ1) is 10.1. The number of benzene rings is 1. The molecule has 0 radical (unpaired) electrons. The average Bonchev–Trinajstić information content (AvgIpc) is 3.06. The number of hydrogen-bond acceptors (Lipinski definition) is 3. The zero-order valence-electron chi connectivity index (χ0n) is 11.3. The number of allylic oxidation sites excluding steroid dienone is 2. The molecule has 4 atom stereocenters. The van der Waals surface area contributed by atoms with Crippen molar-refractivity contribution >= 4 is 11.9 Å². The normalized spacial score (nSPS) is 29.6. The molecule has 1 saturated carbocycles. The molecule has 1 aromatic carbocycles. The molecule has 0 unspecified atom stereocenters. The molecule has 0 aromatic heterocycles. The van der Waals surface area contributed by atoms with Crippen LogP contribution in [0.15, 0.2) is 36.4 Å². The lowest BCUT2D eigenvalue weighted by molar-refractivity contribution is -0.313. The Morgan fingerprint density at radius 1 is 1.19 bits per heavy atom. The Morgan fingerprint density at radius 2 is 1.86 bits per heavy atom. The smallest absolute Gasteiger partial charge is 0.224 e. The number of carboxylic acid groups (broad SMARTS) is 1. The van der Waals surface area contributed by atoms with Crippen LogP contribution in [0.2, 0.25) is 0 Å². The fourth-order valence-electron chi connectivity index (χ4n) is 3.44. The Hall–Kier alpha value is -2.17. The molecule has 21 heavy (non-hydrogen) atoms. The van der Waals surface area contributed by atoms with E-state index in [1.807, 2.05) is 12.2 Å². The van der Waals surface area contributed by atoms with Gasteiger partial charge in [0.2, 0.25) is 5.91 Å². The van der Waals surface area contributed by atoms with Gasteiger partial charge >= 0.3 is 0 Å². The first-order valence-corrected chi connectivity index (χ1v) is 6.98. The summed E-state index contributed by atoms with van der Waals surface area (Å²) in [5.74, 6) is -3.48. The molecule has 0 spiro atoms. The van der Waals surface area contributed by atoms with E-state index in [1.165, 1.54) is 6.07 Å². The second-order valence-electron chi connectivity index (χ2n) is 5.63. The van der Waals surface area contributed by atoms with E-state index in [4.69, 9.17) is 0 Å². The molecule has 4 nitrogen and oxygen atoms in total. The van der Waals surface area contributed by atoms with Gasteiger partial charge in [-0.3, -0.25) is 4.79 Å². The van der Waals surface area contributed by atoms with Gasteiger partial charge in [-0.15, -0.1) is 0 Å². The van der Waals surface area contributed by atoms with Crippen molar-refractivity contribution in [2.75, 3.05) is 0 Å². The summed E-state index contributed by atoms with van der Waals surface area (Å²) in [5, 5.41) is 13.9. The van der Waals surface area contributed by atoms with Crippen LogP contribution in [0.25, 0.3) is 0 Å². The fraction of sp³-hybridized carbons (Fsp3) is 0.375. The van der Waals surface area contributed by atoms with Gasteiger partial charge < -0.3 is 15.2 Å². The fourth-order valence-corrected chi connectivity index (χ4v) is 3.44. The number of carboxylic acids is 1. The molecule has 1 aromatic rings. The molecule has 1 amide bonds. The Morgan fingerprint density at radius 3 is 2.52 bits per heavy atom. The van der Waals surface area contributed by atoms with E-state index < -0.39 is 17.8 Å². The predicted molar refractivity (Wildman–Crippen MR) is 71.0 cm³/mol. The van der Waals surface area contributed by atoms with Crippen molar-refractivity contribution in [3.8, 4) is 0 Å². The van der Waals surface area contributed by atoms with Crippen molar-refractivity contribution in [2.24, 2.45) is 23.7 Å². The molecule has 3 rings (SSSR count). The van der Waals surface area contributed by atoms with Crippen LogP contribution < -0.4 is 10.4 Å². The van der Waals surface area contributed by atoms with Gasteiger partial charge in [-0.25, -0.2) is 4.39 Å². The molecule has 1 fully saturated rings. The maximum Gasteiger partial charge on any atom is 0.224 e. The molecular formula is C16H15FNO3-. The number of amides is 1. The van der Waals surface area contributed by atoms with Crippen LogP contribution >= 0.6 is 0 Å². The summed E-state index contributed by atoms with van der Waals surface area (Å²) in [5.41, 5.74) is 0.384. The van der Waals surface area contributed by atoms with Crippen LogP contribution in [0, 0.1) is 29.5 Å². The van der Waals surface area contributed by atoms with Crippen molar-refractivity contribution < 1.29 is 19.1 Å². The maximum atomic E-state index is 13.5. The number of carbonyl (C=O) groups is 2. The summed E-state index contributed by atoms with van der Waals surface area (Å²) in [7, 11) is 0. The minimum atomic E-state index is -1.18. The summed E-state index contributed by atoms with van der Waals surface area (Å²) >= 11 is 0. The lowest BCUT2D eigenvalue weighted by Crippen LogP contribution is -2.44. The summed E-state index contributed by atoms with van der Waals surface area (Å²) < 4.78 is 13.5. The van der Waals surface area contributed by atoms with E-state index in [0.29, 0.717) is 12.0 Å². The minimum Gasteiger partial charge on any atom is -0.550 e. The number of rotatable bonds is 4. The van der Waals surface area contributed by atoms with E-state index in [1.54, 1.807) is 18.2 Å². The first kappa shape index (κ1) is 13.8. The first-order valence-electron chi connectivity index (χ1n) is 6.98. The van der Waals surface area contributed by atoms with Gasteiger partial charge in [-0.2, -0.15) is 0 Å². The van der Waals surface area contributed by atoms with Crippen molar-refractivity contribution in [3.63, 3.8) is 0 Å². The number of hydrogen-bond donors (Lipinski definition) is 1. The summed E-state index contributed by atoms with van der Waals surface area (Å²) in [6.07, 6.45) is 4.43. The lowest BCUT2D eigenvalue weighted by Gasteiger charge is -2.27. The molecule has 0 heterocycles. The second kappa shape index (κ2) is 5.31. The summed E-state index contributed by atoms with van der Waals surface area (Å²) in [6.45, 7) is 0.0584. The molecule has 1 N–H and O–H groups in total. The Bertz CT molecular complexity index is 613. The van der Waals surface area contributed by atoms with E-state index >= 15 is 0 Å². The Labute approximate surface area is 121 Å². The van der Waals surface area contributed by atoms with Gasteiger partial charge in [-0.1, -0.05) is 30.4 Å². The van der Waals surface area contributed by atoms with Gasteiger partial charge in [-0.05, 0) is 24.3 Å². The number of nitrogens with one attached hydrogen (secondary N) is 1. The lowest BCUT2D eigenvalue weighted by atomic mass is 9.82. The summed E-state index contributed by atoms with van der Waals surface area (Å²) in [6, 6.07) is 6.18. The van der Waals surface area contributed by atoms with Crippen molar-refractivity contribution in [1.82, 2.24) is 5.32 Å². The Balaban J connectivity index is 1.69. The van der Waals surface area contributed by atoms with Crippen LogP contribution in [0.3, 0.4) is 0 Å². The van der Waals surface area contributed by atoms with Crippen molar-refractivity contribution in [2.45, 2.75) is 13.0 Å². The van der Waals surface area contributed by atoms with E-state index in [0.717, 1.165) is 0 Å². The highest BCUT2D eigenvalue weighted by Crippen LogP contribution is 2.47. The zero-order chi connectivity index (χ0) is 15.0. The monoisotopic (exact) mass is 288 g/mol. The van der Waals surface area contributed by atoms with Crippen molar-refractivity contribution in [3.05, 3.63) is 47.8 Å². The molecule has 2 aliphatic rings. The Kier molecular flexibility index (Phi) is 3.49. The molecule has 0 aliphatic heterocycles. The second-order valence-corrected chi connectivity index (χ2v) is 5.63. The third kappa shape index (κ3) is 2.44. The van der Waals surface area contributed by atoms with E-state index in [-0.39, 0.29) is 30.1 Å². The number of aliphatic carboxylic acids is 1. The molecule has 2 aliphatic carbocycles. The van der Waals surface area contributed by atoms with Crippen molar-refractivity contribution in [1.29, 1.82) is 0 Å². The number of fused-ring (bicyclic) bond motifs is 2. The van der Waals surface area contributed by atoms with Crippen LogP contribution in [-0.4, -0.2) is 11.9 Å². The van der Waals surface area contributed by atoms with Gasteiger partial charge in [0.1, 0.15) is 5.82 Å². The van der Waals surface area contributed by atoms with Gasteiger partial charge in [0.15, 0.2) is 0 Å². The highest BCUT2D eigenvalue weighted by atomic mass is 19.1. The SMILES string of the molecule is O=C([O-])[C@@H]1[C@H](C(=O)NCc2ccccc2F)[C@H]2C=C[C@H]1C2. The van der Waals surface area contributed by atoms with E-state index in [2.05, 4.69) is 5.32 Å². The summed E-state index contributed by atoms with van der Waals surface area (Å²) in [4.78, 5) is 23.5. The molecular weight excluding hydrogens is 273 g/mol. The van der Waals surface area contributed by atoms with Crippen LogP contribution in [0.1, 0.15) is 12.0 Å². The predicted octanol–water partition coefficient (Wildman–Crippen LogP) is 0.630. The highest BCUT2D eigenvalue weighted by Gasteiger charge is 2.48.